The van der Waals surface area contributed by atoms with Gasteiger partial charge >= 0.3 is 0 Å². The molecule has 2 aromatic rings. The third-order valence-corrected chi connectivity index (χ3v) is 3.53. The fraction of sp³-hybridized carbons (Fsp3) is 0.231. The Morgan fingerprint density at radius 3 is 2.68 bits per heavy atom. The van der Waals surface area contributed by atoms with Crippen molar-refractivity contribution in [2.24, 2.45) is 0 Å². The first-order chi connectivity index (χ1) is 8.97. The first-order valence-electron chi connectivity index (χ1n) is 5.72. The van der Waals surface area contributed by atoms with Crippen molar-refractivity contribution < 1.29 is 5.11 Å². The van der Waals surface area contributed by atoms with Gasteiger partial charge in [-0.1, -0.05) is 30.1 Å². The molecule has 6 heteroatoms. The van der Waals surface area contributed by atoms with Crippen LogP contribution in [0.5, 0.6) is 5.75 Å². The normalized spacial score (nSPS) is 10.7. The van der Waals surface area contributed by atoms with Gasteiger partial charge in [0, 0.05) is 17.5 Å². The lowest BCUT2D eigenvalue weighted by Crippen LogP contribution is -2.22. The van der Waals surface area contributed by atoms with E-state index in [2.05, 4.69) is 4.98 Å². The van der Waals surface area contributed by atoms with Gasteiger partial charge in [-0.15, -0.1) is 0 Å². The number of pyridine rings is 2. The zero-order chi connectivity index (χ0) is 14.2. The zero-order valence-corrected chi connectivity index (χ0v) is 12.0. The van der Waals surface area contributed by atoms with E-state index in [1.807, 2.05) is 6.92 Å². The molecule has 0 aliphatic heterocycles. The summed E-state index contributed by atoms with van der Waals surface area (Å²) in [5, 5.41) is 10.0. The predicted molar refractivity (Wildman–Crippen MR) is 75.6 cm³/mol. The Morgan fingerprint density at radius 2 is 2.11 bits per heavy atom. The molecule has 4 nitrogen and oxygen atoms in total. The van der Waals surface area contributed by atoms with Crippen molar-refractivity contribution in [1.82, 2.24) is 9.55 Å². The van der Waals surface area contributed by atoms with Crippen LogP contribution in [0.15, 0.2) is 23.1 Å². The van der Waals surface area contributed by atoms with E-state index in [1.54, 1.807) is 19.1 Å². The van der Waals surface area contributed by atoms with Crippen LogP contribution in [-0.4, -0.2) is 14.7 Å². The fourth-order valence-corrected chi connectivity index (χ4v) is 2.42. The summed E-state index contributed by atoms with van der Waals surface area (Å²) in [7, 11) is 0. The van der Waals surface area contributed by atoms with Gasteiger partial charge in [-0.3, -0.25) is 9.36 Å². The molecule has 19 heavy (non-hydrogen) atoms. The highest BCUT2D eigenvalue weighted by Crippen LogP contribution is 2.28. The molecule has 0 spiro atoms. The molecule has 0 fully saturated rings. The molecule has 0 saturated heterocycles. The maximum absolute atomic E-state index is 12.2. The molecule has 0 radical (unpaired) electrons. The summed E-state index contributed by atoms with van der Waals surface area (Å²) in [6, 6.07) is 3.23. The van der Waals surface area contributed by atoms with Crippen molar-refractivity contribution >= 4 is 23.2 Å². The quantitative estimate of drug-likeness (QED) is 0.867. The Hall–Kier alpha value is -1.52. The minimum Gasteiger partial charge on any atom is -0.506 e. The van der Waals surface area contributed by atoms with E-state index in [1.165, 1.54) is 10.8 Å². The second-order valence-corrected chi connectivity index (χ2v) is 4.82. The maximum Gasteiger partial charge on any atom is 0.277 e. The number of hydrogen-bond donors (Lipinski definition) is 1. The lowest BCUT2D eigenvalue weighted by Gasteiger charge is -2.16. The van der Waals surface area contributed by atoms with Crippen LogP contribution in [0.1, 0.15) is 18.2 Å². The SMILES string of the molecule is CCc1c(O)c(Cl)c(=O)n(-c2ccnc(Cl)c2)c1C. The van der Waals surface area contributed by atoms with Crippen molar-refractivity contribution in [3.05, 3.63) is 50.1 Å². The number of aromatic hydroxyl groups is 1. The lowest BCUT2D eigenvalue weighted by molar-refractivity contribution is 0.465. The van der Waals surface area contributed by atoms with Gasteiger partial charge in [0.15, 0.2) is 0 Å². The Balaban J connectivity index is 2.84. The number of aromatic nitrogens is 2. The Kier molecular flexibility index (Phi) is 3.83. The summed E-state index contributed by atoms with van der Waals surface area (Å²) >= 11 is 11.7. The number of rotatable bonds is 2. The van der Waals surface area contributed by atoms with Gasteiger partial charge in [0.25, 0.3) is 5.56 Å². The molecule has 0 aliphatic carbocycles. The molecular formula is C13H12Cl2N2O2. The summed E-state index contributed by atoms with van der Waals surface area (Å²) < 4.78 is 1.43. The van der Waals surface area contributed by atoms with Gasteiger partial charge in [0.1, 0.15) is 15.9 Å². The van der Waals surface area contributed by atoms with E-state index in [-0.39, 0.29) is 15.9 Å². The van der Waals surface area contributed by atoms with Crippen LogP contribution in [0.25, 0.3) is 5.69 Å². The minimum atomic E-state index is -0.476. The van der Waals surface area contributed by atoms with E-state index in [9.17, 15) is 9.90 Å². The molecular weight excluding hydrogens is 287 g/mol. The van der Waals surface area contributed by atoms with E-state index < -0.39 is 5.56 Å². The second-order valence-electron chi connectivity index (χ2n) is 4.06. The molecule has 0 atom stereocenters. The zero-order valence-electron chi connectivity index (χ0n) is 10.4. The molecule has 0 saturated carbocycles. The first-order valence-corrected chi connectivity index (χ1v) is 6.47. The van der Waals surface area contributed by atoms with Gasteiger partial charge in [-0.25, -0.2) is 4.98 Å². The minimum absolute atomic E-state index is 0.150. The largest absolute Gasteiger partial charge is 0.506 e. The van der Waals surface area contributed by atoms with Crippen LogP contribution >= 0.6 is 23.2 Å². The van der Waals surface area contributed by atoms with Crippen molar-refractivity contribution in [2.45, 2.75) is 20.3 Å². The van der Waals surface area contributed by atoms with E-state index in [4.69, 9.17) is 23.2 Å². The molecule has 0 aliphatic rings. The molecule has 2 heterocycles. The predicted octanol–water partition coefficient (Wildman–Crippen LogP) is 3.12. The van der Waals surface area contributed by atoms with Crippen molar-refractivity contribution in [3.63, 3.8) is 0 Å². The summed E-state index contributed by atoms with van der Waals surface area (Å²) in [6.07, 6.45) is 2.08. The molecule has 0 unspecified atom stereocenters. The average Bonchev–Trinajstić information content (AvgIpc) is 2.37. The smallest absolute Gasteiger partial charge is 0.277 e. The molecule has 0 aromatic carbocycles. The van der Waals surface area contributed by atoms with Gasteiger partial charge in [0.05, 0.1) is 5.69 Å². The summed E-state index contributed by atoms with van der Waals surface area (Å²) in [6.45, 7) is 3.64. The van der Waals surface area contributed by atoms with E-state index in [0.29, 0.717) is 23.4 Å². The molecule has 100 valence electrons. The molecule has 2 rings (SSSR count). The summed E-state index contributed by atoms with van der Waals surface area (Å²) in [5.41, 5.74) is 1.37. The third-order valence-electron chi connectivity index (χ3n) is 2.98. The molecule has 0 amide bonds. The Labute approximate surface area is 120 Å². The first kappa shape index (κ1) is 13.9. The Bertz CT molecular complexity index is 696. The van der Waals surface area contributed by atoms with Gasteiger partial charge < -0.3 is 5.11 Å². The number of hydrogen-bond acceptors (Lipinski definition) is 3. The summed E-state index contributed by atoms with van der Waals surface area (Å²) in [4.78, 5) is 16.1. The van der Waals surface area contributed by atoms with E-state index >= 15 is 0 Å². The van der Waals surface area contributed by atoms with Gasteiger partial charge in [-0.05, 0) is 25.5 Å². The van der Waals surface area contributed by atoms with Crippen LogP contribution in [0.2, 0.25) is 10.2 Å². The van der Waals surface area contributed by atoms with Gasteiger partial charge in [-0.2, -0.15) is 0 Å². The van der Waals surface area contributed by atoms with Crippen LogP contribution in [0.4, 0.5) is 0 Å². The van der Waals surface area contributed by atoms with Crippen LogP contribution < -0.4 is 5.56 Å². The standard InChI is InChI=1S/C13H12Cl2N2O2/c1-3-9-7(2)17(13(19)11(15)12(9)18)8-4-5-16-10(14)6-8/h4-6,18H,3H2,1-2H3. The second kappa shape index (κ2) is 5.23. The fourth-order valence-electron chi connectivity index (χ4n) is 2.06. The van der Waals surface area contributed by atoms with E-state index in [0.717, 1.165) is 0 Å². The number of halogens is 2. The average molecular weight is 299 g/mol. The lowest BCUT2D eigenvalue weighted by atomic mass is 10.1. The highest BCUT2D eigenvalue weighted by molar-refractivity contribution is 6.32. The van der Waals surface area contributed by atoms with Gasteiger partial charge in [0.2, 0.25) is 0 Å². The maximum atomic E-state index is 12.2. The van der Waals surface area contributed by atoms with Crippen molar-refractivity contribution in [2.75, 3.05) is 0 Å². The number of nitrogens with zero attached hydrogens (tertiary/aromatic N) is 2. The van der Waals surface area contributed by atoms with Crippen molar-refractivity contribution in [1.29, 1.82) is 0 Å². The van der Waals surface area contributed by atoms with Crippen molar-refractivity contribution in [3.8, 4) is 11.4 Å². The molecule has 1 N–H and O–H groups in total. The third kappa shape index (κ3) is 2.33. The highest BCUT2D eigenvalue weighted by atomic mass is 35.5. The van der Waals surface area contributed by atoms with Crippen LogP contribution in [0, 0.1) is 6.92 Å². The van der Waals surface area contributed by atoms with Crippen LogP contribution in [-0.2, 0) is 6.42 Å². The topological polar surface area (TPSA) is 55.1 Å². The Morgan fingerprint density at radius 1 is 1.42 bits per heavy atom. The molecule has 0 bridgehead atoms. The monoisotopic (exact) mass is 298 g/mol. The summed E-state index contributed by atoms with van der Waals surface area (Å²) in [5.74, 6) is -0.150. The van der Waals surface area contributed by atoms with Crippen LogP contribution in [0.3, 0.4) is 0 Å². The highest BCUT2D eigenvalue weighted by Gasteiger charge is 2.17. The molecule has 2 aromatic heterocycles.